The third kappa shape index (κ3) is 4.09. The number of rotatable bonds is 5. The molecule has 1 saturated carbocycles. The molecule has 0 bridgehead atoms. The van der Waals surface area contributed by atoms with Crippen molar-refractivity contribution in [2.24, 2.45) is 17.8 Å². The van der Waals surface area contributed by atoms with Crippen molar-refractivity contribution in [3.8, 4) is 0 Å². The van der Waals surface area contributed by atoms with Crippen LogP contribution in [0.4, 0.5) is 0 Å². The standard InChI is InChI=1S/C22H37N3O3/c1-2-23-10-5-8-18(23)14-25-13-17(12-21(25)27)22(28)24-11-9-20(26)19(15-24)16-6-3-4-7-16/h16-20,26H,2-15H2,1H3/t17?,18?,19-,20+/m0/s1. The highest BCUT2D eigenvalue weighted by Gasteiger charge is 2.42. The van der Waals surface area contributed by atoms with Crippen LogP contribution in [0.1, 0.15) is 58.3 Å². The lowest BCUT2D eigenvalue weighted by Gasteiger charge is -2.40. The fourth-order valence-electron chi connectivity index (χ4n) is 6.16. The van der Waals surface area contributed by atoms with Crippen LogP contribution in [-0.2, 0) is 9.59 Å². The van der Waals surface area contributed by atoms with Gasteiger partial charge in [-0.05, 0) is 38.3 Å². The van der Waals surface area contributed by atoms with Gasteiger partial charge in [-0.1, -0.05) is 32.6 Å². The van der Waals surface area contributed by atoms with Gasteiger partial charge in [0, 0.05) is 44.6 Å². The zero-order valence-electron chi connectivity index (χ0n) is 17.4. The Labute approximate surface area is 169 Å². The van der Waals surface area contributed by atoms with Gasteiger partial charge in [0.2, 0.25) is 11.8 Å². The van der Waals surface area contributed by atoms with Gasteiger partial charge in [0.15, 0.2) is 0 Å². The highest BCUT2D eigenvalue weighted by Crippen LogP contribution is 2.37. The third-order valence-electron chi connectivity index (χ3n) is 7.84. The topological polar surface area (TPSA) is 64.1 Å². The summed E-state index contributed by atoms with van der Waals surface area (Å²) < 4.78 is 0. The summed E-state index contributed by atoms with van der Waals surface area (Å²) in [4.78, 5) is 32.1. The largest absolute Gasteiger partial charge is 0.393 e. The molecule has 4 rings (SSSR count). The molecule has 0 spiro atoms. The van der Waals surface area contributed by atoms with Crippen molar-refractivity contribution in [3.63, 3.8) is 0 Å². The lowest BCUT2D eigenvalue weighted by Crippen LogP contribution is -2.50. The van der Waals surface area contributed by atoms with Gasteiger partial charge in [-0.3, -0.25) is 14.5 Å². The molecule has 0 aromatic rings. The number of carbonyl (C=O) groups is 2. The Morgan fingerprint density at radius 3 is 2.61 bits per heavy atom. The number of likely N-dealkylation sites (tertiary alicyclic amines) is 3. The Kier molecular flexibility index (Phi) is 6.26. The maximum absolute atomic E-state index is 13.2. The number of aliphatic hydroxyl groups is 1. The summed E-state index contributed by atoms with van der Waals surface area (Å²) in [7, 11) is 0. The lowest BCUT2D eigenvalue weighted by atomic mass is 9.82. The molecule has 3 saturated heterocycles. The van der Waals surface area contributed by atoms with E-state index in [-0.39, 0.29) is 29.8 Å². The van der Waals surface area contributed by atoms with Crippen molar-refractivity contribution in [1.82, 2.24) is 14.7 Å². The predicted molar refractivity (Wildman–Crippen MR) is 108 cm³/mol. The van der Waals surface area contributed by atoms with Crippen LogP contribution >= 0.6 is 0 Å². The average molecular weight is 392 g/mol. The first-order valence-corrected chi connectivity index (χ1v) is 11.6. The summed E-state index contributed by atoms with van der Waals surface area (Å²) in [6, 6.07) is 0.458. The minimum atomic E-state index is -0.267. The van der Waals surface area contributed by atoms with Gasteiger partial charge >= 0.3 is 0 Å². The van der Waals surface area contributed by atoms with E-state index in [2.05, 4.69) is 11.8 Å². The molecule has 3 heterocycles. The molecule has 4 aliphatic rings. The summed E-state index contributed by atoms with van der Waals surface area (Å²) in [5, 5.41) is 10.5. The molecule has 2 amide bonds. The van der Waals surface area contributed by atoms with Crippen molar-refractivity contribution in [2.75, 3.05) is 39.3 Å². The molecule has 3 aliphatic heterocycles. The molecule has 6 nitrogen and oxygen atoms in total. The fraction of sp³-hybridized carbons (Fsp3) is 0.909. The van der Waals surface area contributed by atoms with E-state index in [4.69, 9.17) is 0 Å². The molecular formula is C22H37N3O3. The number of hydrogen-bond donors (Lipinski definition) is 1. The van der Waals surface area contributed by atoms with Gasteiger partial charge < -0.3 is 14.9 Å². The van der Waals surface area contributed by atoms with E-state index in [0.29, 0.717) is 44.4 Å². The molecule has 1 aliphatic carbocycles. The van der Waals surface area contributed by atoms with Gasteiger partial charge in [0.05, 0.1) is 12.0 Å². The first-order valence-electron chi connectivity index (χ1n) is 11.6. The van der Waals surface area contributed by atoms with Crippen LogP contribution in [0.2, 0.25) is 0 Å². The maximum atomic E-state index is 13.2. The van der Waals surface area contributed by atoms with E-state index < -0.39 is 0 Å². The lowest BCUT2D eigenvalue weighted by molar-refractivity contribution is -0.140. The number of piperidine rings is 1. The molecule has 1 N–H and O–H groups in total. The van der Waals surface area contributed by atoms with Crippen molar-refractivity contribution >= 4 is 11.8 Å². The Bertz CT molecular complexity index is 577. The molecule has 158 valence electrons. The molecule has 6 heteroatoms. The third-order valence-corrected chi connectivity index (χ3v) is 7.84. The quantitative estimate of drug-likeness (QED) is 0.775. The molecule has 4 atom stereocenters. The number of hydrogen-bond acceptors (Lipinski definition) is 4. The van der Waals surface area contributed by atoms with Gasteiger partial charge in [0.25, 0.3) is 0 Å². The van der Waals surface area contributed by atoms with E-state index in [1.807, 2.05) is 9.80 Å². The van der Waals surface area contributed by atoms with Crippen LogP contribution in [0, 0.1) is 17.8 Å². The first kappa shape index (κ1) is 20.1. The van der Waals surface area contributed by atoms with Crippen LogP contribution in [0.25, 0.3) is 0 Å². The Morgan fingerprint density at radius 1 is 1.07 bits per heavy atom. The van der Waals surface area contributed by atoms with Crippen molar-refractivity contribution < 1.29 is 14.7 Å². The second kappa shape index (κ2) is 8.70. The van der Waals surface area contributed by atoms with Crippen molar-refractivity contribution in [1.29, 1.82) is 0 Å². The molecule has 2 unspecified atom stereocenters. The number of aliphatic hydroxyl groups excluding tert-OH is 1. The molecular weight excluding hydrogens is 354 g/mol. The number of likely N-dealkylation sites (N-methyl/N-ethyl adjacent to an activating group) is 1. The van der Waals surface area contributed by atoms with Crippen LogP contribution < -0.4 is 0 Å². The molecule has 4 fully saturated rings. The summed E-state index contributed by atoms with van der Waals surface area (Å²) in [6.07, 6.45) is 8.04. The minimum absolute atomic E-state index is 0.143. The summed E-state index contributed by atoms with van der Waals surface area (Å²) >= 11 is 0. The smallest absolute Gasteiger partial charge is 0.228 e. The van der Waals surface area contributed by atoms with Gasteiger partial charge in [0.1, 0.15) is 0 Å². The van der Waals surface area contributed by atoms with E-state index in [9.17, 15) is 14.7 Å². The number of carbonyl (C=O) groups excluding carboxylic acids is 2. The zero-order chi connectivity index (χ0) is 19.7. The van der Waals surface area contributed by atoms with E-state index in [1.54, 1.807) is 0 Å². The number of amides is 2. The van der Waals surface area contributed by atoms with Gasteiger partial charge in [-0.2, -0.15) is 0 Å². The van der Waals surface area contributed by atoms with Gasteiger partial charge in [-0.25, -0.2) is 0 Å². The van der Waals surface area contributed by atoms with Crippen LogP contribution in [0.3, 0.4) is 0 Å². The monoisotopic (exact) mass is 391 g/mol. The second-order valence-corrected chi connectivity index (χ2v) is 9.47. The van der Waals surface area contributed by atoms with E-state index >= 15 is 0 Å². The van der Waals surface area contributed by atoms with Crippen molar-refractivity contribution in [3.05, 3.63) is 0 Å². The van der Waals surface area contributed by atoms with E-state index in [1.165, 1.54) is 32.1 Å². The summed E-state index contributed by atoms with van der Waals surface area (Å²) in [6.45, 7) is 7.03. The molecule has 28 heavy (non-hydrogen) atoms. The van der Waals surface area contributed by atoms with Crippen LogP contribution in [-0.4, -0.2) is 83.0 Å². The molecule has 0 radical (unpaired) electrons. The Balaban J connectivity index is 1.34. The zero-order valence-corrected chi connectivity index (χ0v) is 17.4. The predicted octanol–water partition coefficient (Wildman–Crippen LogP) is 1.72. The summed E-state index contributed by atoms with van der Waals surface area (Å²) in [5.74, 6) is 0.887. The number of nitrogens with zero attached hydrogens (tertiary/aromatic N) is 3. The highest BCUT2D eigenvalue weighted by atomic mass is 16.3. The Morgan fingerprint density at radius 2 is 1.86 bits per heavy atom. The van der Waals surface area contributed by atoms with E-state index in [0.717, 1.165) is 26.1 Å². The first-order chi connectivity index (χ1) is 13.6. The van der Waals surface area contributed by atoms with Crippen LogP contribution in [0.5, 0.6) is 0 Å². The second-order valence-electron chi connectivity index (χ2n) is 9.47. The highest BCUT2D eigenvalue weighted by molar-refractivity contribution is 5.89. The fourth-order valence-corrected chi connectivity index (χ4v) is 6.16. The van der Waals surface area contributed by atoms with Gasteiger partial charge in [-0.15, -0.1) is 0 Å². The minimum Gasteiger partial charge on any atom is -0.393 e. The molecule has 0 aromatic carbocycles. The SMILES string of the molecule is CCN1CCCC1CN1CC(C(=O)N2CC[C@@H](O)[C@H](C3CCCC3)C2)CC1=O. The van der Waals surface area contributed by atoms with Crippen molar-refractivity contribution in [2.45, 2.75) is 70.4 Å². The summed E-state index contributed by atoms with van der Waals surface area (Å²) in [5.41, 5.74) is 0. The maximum Gasteiger partial charge on any atom is 0.228 e. The average Bonchev–Trinajstić information content (AvgIpc) is 3.44. The Hall–Kier alpha value is -1.14. The van der Waals surface area contributed by atoms with Crippen LogP contribution in [0.15, 0.2) is 0 Å². The molecule has 0 aromatic heterocycles. The normalized spacial score (nSPS) is 35.3.